The molecule has 4 rings (SSSR count). The van der Waals surface area contributed by atoms with Gasteiger partial charge in [0.25, 0.3) is 5.91 Å². The lowest BCUT2D eigenvalue weighted by Crippen LogP contribution is -2.42. The molecule has 184 valence electrons. The van der Waals surface area contributed by atoms with Crippen LogP contribution < -0.4 is 10.9 Å². The minimum atomic E-state index is -0.619. The molecular formula is C24H23N7O3S2. The normalized spacial score (nSPS) is 10.7. The number of benzene rings is 2. The Morgan fingerprint density at radius 1 is 0.917 bits per heavy atom. The molecule has 2 aromatic carbocycles. The van der Waals surface area contributed by atoms with Gasteiger partial charge in [0.15, 0.2) is 10.3 Å². The average Bonchev–Trinajstić information content (AvgIpc) is 3.28. The number of phenols is 1. The zero-order valence-corrected chi connectivity index (χ0v) is 21.1. The number of carbonyl (C=O) groups is 2. The molecule has 0 aliphatic heterocycles. The molecule has 0 fully saturated rings. The first-order chi connectivity index (χ1) is 17.4. The van der Waals surface area contributed by atoms with Crippen LogP contribution in [0.5, 0.6) is 5.75 Å². The summed E-state index contributed by atoms with van der Waals surface area (Å²) in [4.78, 5) is 33.5. The Bertz CT molecular complexity index is 1360. The predicted molar refractivity (Wildman–Crippen MR) is 137 cm³/mol. The molecule has 0 unspecified atom stereocenters. The summed E-state index contributed by atoms with van der Waals surface area (Å²) in [5, 5.41) is 19.6. The molecular weight excluding hydrogens is 498 g/mol. The first kappa shape index (κ1) is 25.2. The minimum Gasteiger partial charge on any atom is -0.507 e. The van der Waals surface area contributed by atoms with Gasteiger partial charge in [0.05, 0.1) is 17.1 Å². The van der Waals surface area contributed by atoms with Gasteiger partial charge in [-0.25, -0.2) is 9.97 Å². The third-order valence-electron chi connectivity index (χ3n) is 4.80. The summed E-state index contributed by atoms with van der Waals surface area (Å²) < 4.78 is 1.88. The largest absolute Gasteiger partial charge is 0.507 e. The number of para-hydroxylation sites is 2. The number of aromatic hydroxyl groups is 1. The number of nitrogens with zero attached hydrogens (tertiary/aromatic N) is 5. The second-order valence-electron chi connectivity index (χ2n) is 7.60. The molecule has 0 saturated heterocycles. The highest BCUT2D eigenvalue weighted by Gasteiger charge is 2.17. The second-order valence-corrected chi connectivity index (χ2v) is 9.48. The van der Waals surface area contributed by atoms with Gasteiger partial charge in [-0.3, -0.25) is 25.0 Å². The van der Waals surface area contributed by atoms with Gasteiger partial charge in [0.2, 0.25) is 5.91 Å². The summed E-state index contributed by atoms with van der Waals surface area (Å²) in [6.45, 7) is 3.85. The van der Waals surface area contributed by atoms with Crippen molar-refractivity contribution in [1.82, 2.24) is 35.6 Å². The van der Waals surface area contributed by atoms with E-state index >= 15 is 0 Å². The summed E-state index contributed by atoms with van der Waals surface area (Å²) in [6, 6.07) is 17.6. The highest BCUT2D eigenvalue weighted by atomic mass is 32.2. The van der Waals surface area contributed by atoms with E-state index in [-0.39, 0.29) is 17.1 Å². The number of aryl methyl sites for hydroxylation is 2. The number of hydrogen-bond acceptors (Lipinski definition) is 9. The Morgan fingerprint density at radius 3 is 2.33 bits per heavy atom. The van der Waals surface area contributed by atoms with Crippen molar-refractivity contribution in [1.29, 1.82) is 0 Å². The summed E-state index contributed by atoms with van der Waals surface area (Å²) >= 11 is 2.64. The monoisotopic (exact) mass is 521 g/mol. The third-order valence-corrected chi connectivity index (χ3v) is 6.58. The molecule has 2 amide bonds. The number of thioether (sulfide) groups is 2. The van der Waals surface area contributed by atoms with Crippen molar-refractivity contribution in [3.8, 4) is 11.4 Å². The van der Waals surface area contributed by atoms with E-state index in [9.17, 15) is 14.7 Å². The van der Waals surface area contributed by atoms with E-state index in [0.717, 1.165) is 17.1 Å². The lowest BCUT2D eigenvalue weighted by molar-refractivity contribution is -0.119. The first-order valence-corrected chi connectivity index (χ1v) is 12.8. The van der Waals surface area contributed by atoms with Crippen LogP contribution in [0.25, 0.3) is 5.69 Å². The summed E-state index contributed by atoms with van der Waals surface area (Å²) in [7, 11) is 0. The third kappa shape index (κ3) is 6.40. The fourth-order valence-electron chi connectivity index (χ4n) is 3.24. The lowest BCUT2D eigenvalue weighted by Gasteiger charge is -2.11. The summed E-state index contributed by atoms with van der Waals surface area (Å²) in [6.07, 6.45) is 0. The van der Waals surface area contributed by atoms with Gasteiger partial charge in [-0.1, -0.05) is 53.9 Å². The number of hydrogen-bond donors (Lipinski definition) is 3. The molecule has 0 aliphatic carbocycles. The van der Waals surface area contributed by atoms with E-state index < -0.39 is 11.8 Å². The van der Waals surface area contributed by atoms with Gasteiger partial charge >= 0.3 is 0 Å². The Labute approximate surface area is 215 Å². The van der Waals surface area contributed by atoms with Gasteiger partial charge < -0.3 is 5.11 Å². The van der Waals surface area contributed by atoms with Crippen molar-refractivity contribution in [2.45, 2.75) is 29.9 Å². The van der Waals surface area contributed by atoms with Crippen LogP contribution in [0.1, 0.15) is 27.6 Å². The summed E-state index contributed by atoms with van der Waals surface area (Å²) in [5.74, 6) is -0.0817. The van der Waals surface area contributed by atoms with Crippen LogP contribution in [0.4, 0.5) is 0 Å². The van der Waals surface area contributed by atoms with Crippen LogP contribution in [-0.4, -0.2) is 47.4 Å². The molecule has 10 nitrogen and oxygen atoms in total. The maximum atomic E-state index is 12.4. The zero-order valence-electron chi connectivity index (χ0n) is 19.5. The Hall–Kier alpha value is -3.90. The van der Waals surface area contributed by atoms with E-state index in [1.54, 1.807) is 12.1 Å². The molecule has 0 aliphatic rings. The number of amides is 2. The molecule has 36 heavy (non-hydrogen) atoms. The van der Waals surface area contributed by atoms with Crippen molar-refractivity contribution in [2.24, 2.45) is 0 Å². The molecule has 4 aromatic rings. The van der Waals surface area contributed by atoms with Gasteiger partial charge in [-0.15, -0.1) is 10.2 Å². The number of rotatable bonds is 8. The van der Waals surface area contributed by atoms with E-state index in [0.29, 0.717) is 21.9 Å². The fourth-order valence-corrected chi connectivity index (χ4v) is 4.87. The van der Waals surface area contributed by atoms with Crippen LogP contribution in [0.2, 0.25) is 0 Å². The number of aromatic nitrogens is 5. The lowest BCUT2D eigenvalue weighted by atomic mass is 10.2. The Balaban J connectivity index is 1.43. The van der Waals surface area contributed by atoms with Crippen LogP contribution in [-0.2, 0) is 10.5 Å². The molecule has 0 bridgehead atoms. The number of hydrazine groups is 1. The molecule has 0 saturated carbocycles. The standard InChI is InChI=1S/C24H23N7O3S2/c1-15-12-16(2)26-23(25-15)35-13-20-27-30-24(31(20)17-8-4-3-5-9-17)36-14-21(33)28-29-22(34)18-10-6-7-11-19(18)32/h3-12,32H,13-14H2,1-2H3,(H,28,33)(H,29,34). The molecule has 0 atom stereocenters. The predicted octanol–water partition coefficient (Wildman–Crippen LogP) is 3.23. The van der Waals surface area contributed by atoms with Gasteiger partial charge in [0, 0.05) is 17.1 Å². The number of carbonyl (C=O) groups excluding carboxylic acids is 2. The van der Waals surface area contributed by atoms with Crippen LogP contribution in [0, 0.1) is 13.8 Å². The molecule has 12 heteroatoms. The highest BCUT2D eigenvalue weighted by Crippen LogP contribution is 2.26. The van der Waals surface area contributed by atoms with Crippen LogP contribution >= 0.6 is 23.5 Å². The van der Waals surface area contributed by atoms with Crippen molar-refractivity contribution in [3.63, 3.8) is 0 Å². The average molecular weight is 522 g/mol. The minimum absolute atomic E-state index is 0.0145. The maximum Gasteiger partial charge on any atom is 0.273 e. The van der Waals surface area contributed by atoms with Gasteiger partial charge in [-0.05, 0) is 44.2 Å². The quantitative estimate of drug-likeness (QED) is 0.181. The van der Waals surface area contributed by atoms with Crippen molar-refractivity contribution >= 4 is 35.3 Å². The molecule has 2 heterocycles. The van der Waals surface area contributed by atoms with Gasteiger partial charge in [0.1, 0.15) is 11.6 Å². The van der Waals surface area contributed by atoms with E-state index in [1.807, 2.05) is 54.8 Å². The smallest absolute Gasteiger partial charge is 0.273 e. The Kier molecular flexibility index (Phi) is 8.18. The van der Waals surface area contributed by atoms with E-state index in [1.165, 1.54) is 35.7 Å². The first-order valence-electron chi connectivity index (χ1n) is 10.9. The van der Waals surface area contributed by atoms with Crippen molar-refractivity contribution in [2.75, 3.05) is 5.75 Å². The number of nitrogens with one attached hydrogen (secondary N) is 2. The number of phenolic OH excluding ortho intramolecular Hbond substituents is 1. The highest BCUT2D eigenvalue weighted by molar-refractivity contribution is 7.99. The molecule has 0 radical (unpaired) electrons. The van der Waals surface area contributed by atoms with Crippen LogP contribution in [0.3, 0.4) is 0 Å². The Morgan fingerprint density at radius 2 is 1.61 bits per heavy atom. The van der Waals surface area contributed by atoms with Crippen LogP contribution in [0.15, 0.2) is 71.0 Å². The van der Waals surface area contributed by atoms with E-state index in [2.05, 4.69) is 31.0 Å². The second kappa shape index (κ2) is 11.7. The van der Waals surface area contributed by atoms with Gasteiger partial charge in [-0.2, -0.15) is 0 Å². The molecule has 2 aromatic heterocycles. The maximum absolute atomic E-state index is 12.4. The zero-order chi connectivity index (χ0) is 25.5. The molecule has 3 N–H and O–H groups in total. The molecule has 0 spiro atoms. The van der Waals surface area contributed by atoms with Crippen molar-refractivity contribution in [3.05, 3.63) is 83.4 Å². The fraction of sp³-hybridized carbons (Fsp3) is 0.167. The summed E-state index contributed by atoms with van der Waals surface area (Å²) in [5.41, 5.74) is 7.36. The topological polar surface area (TPSA) is 135 Å². The van der Waals surface area contributed by atoms with Crippen molar-refractivity contribution < 1.29 is 14.7 Å². The van der Waals surface area contributed by atoms with E-state index in [4.69, 9.17) is 0 Å². The SMILES string of the molecule is Cc1cc(C)nc(SCc2nnc(SCC(=O)NNC(=O)c3ccccc3O)n2-c2ccccc2)n1.